The van der Waals surface area contributed by atoms with E-state index >= 15 is 0 Å². The molecule has 1 N–H and O–H groups in total. The van der Waals surface area contributed by atoms with Crippen molar-refractivity contribution in [3.63, 3.8) is 0 Å². The lowest BCUT2D eigenvalue weighted by Crippen LogP contribution is -2.09. The third-order valence-electron chi connectivity index (χ3n) is 1.91. The molecule has 0 aromatic carbocycles. The molecule has 1 aromatic rings. The molecule has 0 saturated carbocycles. The summed E-state index contributed by atoms with van der Waals surface area (Å²) in [6.45, 7) is 1.45. The molecule has 1 aromatic heterocycles. The Morgan fingerprint density at radius 1 is 1.64 bits per heavy atom. The number of halogens is 1. The largest absolute Gasteiger partial charge is 0.376 e. The van der Waals surface area contributed by atoms with Gasteiger partial charge in [0.2, 0.25) is 0 Å². The molecule has 0 amide bonds. The normalized spacial score (nSPS) is 16.5. The predicted molar refractivity (Wildman–Crippen MR) is 41.5 cm³/mol. The summed E-state index contributed by atoms with van der Waals surface area (Å²) in [4.78, 5) is 0. The Balaban J connectivity index is 2.38. The number of rotatable bonds is 1. The molecule has 0 unspecified atom stereocenters. The van der Waals surface area contributed by atoms with Gasteiger partial charge in [0.05, 0.1) is 24.8 Å². The molecule has 2 heterocycles. The van der Waals surface area contributed by atoms with E-state index in [1.54, 1.807) is 0 Å². The molecule has 0 aliphatic carbocycles. The highest BCUT2D eigenvalue weighted by Gasteiger charge is 2.15. The Morgan fingerprint density at radius 2 is 2.55 bits per heavy atom. The van der Waals surface area contributed by atoms with E-state index in [0.717, 1.165) is 24.3 Å². The third-order valence-corrected chi connectivity index (χ3v) is 2.16. The molecule has 11 heavy (non-hydrogen) atoms. The molecule has 0 saturated heterocycles. The molecule has 0 fully saturated rings. The van der Waals surface area contributed by atoms with Crippen molar-refractivity contribution in [3.05, 3.63) is 17.0 Å². The molecule has 3 nitrogen and oxygen atoms in total. The molecule has 0 radical (unpaired) electrons. The summed E-state index contributed by atoms with van der Waals surface area (Å²) in [6.07, 6.45) is 0.930. The Kier molecular flexibility index (Phi) is 1.84. The van der Waals surface area contributed by atoms with Crippen molar-refractivity contribution in [2.24, 2.45) is 0 Å². The lowest BCUT2D eigenvalue weighted by molar-refractivity contribution is 0.109. The maximum absolute atomic E-state index is 5.67. The molecule has 1 aliphatic rings. The summed E-state index contributed by atoms with van der Waals surface area (Å²) in [5.41, 5.74) is 3.28. The van der Waals surface area contributed by atoms with Gasteiger partial charge in [0.1, 0.15) is 0 Å². The number of aromatic nitrogens is 2. The molecular weight excluding hydrogens is 164 g/mol. The van der Waals surface area contributed by atoms with Crippen molar-refractivity contribution in [2.45, 2.75) is 18.9 Å². The van der Waals surface area contributed by atoms with E-state index in [2.05, 4.69) is 10.2 Å². The number of alkyl halides is 1. The summed E-state index contributed by atoms with van der Waals surface area (Å²) in [5.74, 6) is 0.467. The summed E-state index contributed by atoms with van der Waals surface area (Å²) in [7, 11) is 0. The van der Waals surface area contributed by atoms with Crippen LogP contribution in [-0.4, -0.2) is 16.8 Å². The number of aromatic amines is 1. The number of ether oxygens (including phenoxy) is 1. The first-order valence-electron chi connectivity index (χ1n) is 3.60. The first-order valence-corrected chi connectivity index (χ1v) is 4.14. The van der Waals surface area contributed by atoms with Crippen molar-refractivity contribution in [3.8, 4) is 0 Å². The zero-order valence-electron chi connectivity index (χ0n) is 6.06. The van der Waals surface area contributed by atoms with Gasteiger partial charge in [-0.05, 0) is 0 Å². The summed E-state index contributed by atoms with van der Waals surface area (Å²) in [6, 6.07) is 0. The molecule has 0 atom stereocenters. The zero-order chi connectivity index (χ0) is 7.68. The molecule has 0 bridgehead atoms. The first kappa shape index (κ1) is 7.13. The monoisotopic (exact) mass is 172 g/mol. The predicted octanol–water partition coefficient (Wildman–Crippen LogP) is 1.22. The Morgan fingerprint density at radius 3 is 3.36 bits per heavy atom. The van der Waals surface area contributed by atoms with Crippen LogP contribution < -0.4 is 0 Å². The van der Waals surface area contributed by atoms with Crippen LogP contribution in [-0.2, 0) is 23.6 Å². The van der Waals surface area contributed by atoms with Crippen LogP contribution in [0.1, 0.15) is 17.0 Å². The molecule has 60 valence electrons. The van der Waals surface area contributed by atoms with E-state index in [-0.39, 0.29) is 0 Å². The third kappa shape index (κ3) is 1.14. The quantitative estimate of drug-likeness (QED) is 0.647. The SMILES string of the molecule is ClCc1n[nH]c2c1COCC2. The van der Waals surface area contributed by atoms with E-state index in [4.69, 9.17) is 16.3 Å². The average molecular weight is 173 g/mol. The van der Waals surface area contributed by atoms with Gasteiger partial charge in [0.15, 0.2) is 0 Å². The smallest absolute Gasteiger partial charge is 0.0827 e. The van der Waals surface area contributed by atoms with Crippen molar-refractivity contribution in [1.29, 1.82) is 0 Å². The van der Waals surface area contributed by atoms with Crippen LogP contribution in [0, 0.1) is 0 Å². The van der Waals surface area contributed by atoms with Crippen LogP contribution in [0.15, 0.2) is 0 Å². The van der Waals surface area contributed by atoms with Crippen LogP contribution in [0.2, 0.25) is 0 Å². The van der Waals surface area contributed by atoms with Crippen molar-refractivity contribution >= 4 is 11.6 Å². The Hall–Kier alpha value is -0.540. The van der Waals surface area contributed by atoms with Gasteiger partial charge in [0.25, 0.3) is 0 Å². The minimum absolute atomic E-state index is 0.467. The number of hydrogen-bond donors (Lipinski definition) is 1. The van der Waals surface area contributed by atoms with Crippen LogP contribution in [0.4, 0.5) is 0 Å². The maximum Gasteiger partial charge on any atom is 0.0827 e. The van der Waals surface area contributed by atoms with Crippen LogP contribution in [0.3, 0.4) is 0 Å². The average Bonchev–Trinajstić information content (AvgIpc) is 2.47. The van der Waals surface area contributed by atoms with Gasteiger partial charge in [-0.25, -0.2) is 0 Å². The van der Waals surface area contributed by atoms with Crippen LogP contribution in [0.25, 0.3) is 0 Å². The first-order chi connectivity index (χ1) is 5.42. The fraction of sp³-hybridized carbons (Fsp3) is 0.571. The van der Waals surface area contributed by atoms with Gasteiger partial charge < -0.3 is 4.74 Å². The van der Waals surface area contributed by atoms with Gasteiger partial charge in [0, 0.05) is 17.7 Å². The van der Waals surface area contributed by atoms with E-state index < -0.39 is 0 Å². The van der Waals surface area contributed by atoms with Gasteiger partial charge in [-0.3, -0.25) is 5.10 Å². The number of H-pyrrole nitrogens is 1. The lowest BCUT2D eigenvalue weighted by Gasteiger charge is -2.11. The highest BCUT2D eigenvalue weighted by atomic mass is 35.5. The number of hydrogen-bond acceptors (Lipinski definition) is 2. The standard InChI is InChI=1S/C7H9ClN2O/c8-3-7-5-4-11-2-1-6(5)9-10-7/h1-4H2,(H,9,10). The lowest BCUT2D eigenvalue weighted by atomic mass is 10.1. The van der Waals surface area contributed by atoms with Crippen LogP contribution >= 0.6 is 11.6 Å². The highest BCUT2D eigenvalue weighted by molar-refractivity contribution is 6.17. The van der Waals surface area contributed by atoms with Gasteiger partial charge >= 0.3 is 0 Å². The fourth-order valence-corrected chi connectivity index (χ4v) is 1.50. The minimum atomic E-state index is 0.467. The number of fused-ring (bicyclic) bond motifs is 1. The summed E-state index contributed by atoms with van der Waals surface area (Å²) < 4.78 is 5.28. The van der Waals surface area contributed by atoms with Gasteiger partial charge in [-0.15, -0.1) is 11.6 Å². The van der Waals surface area contributed by atoms with Crippen molar-refractivity contribution in [2.75, 3.05) is 6.61 Å². The second-order valence-electron chi connectivity index (χ2n) is 2.56. The van der Waals surface area contributed by atoms with Crippen molar-refractivity contribution < 1.29 is 4.74 Å². The van der Waals surface area contributed by atoms with E-state index in [1.807, 2.05) is 0 Å². The summed E-state index contributed by atoms with van der Waals surface area (Å²) in [5, 5.41) is 7.04. The fourth-order valence-electron chi connectivity index (χ4n) is 1.28. The Bertz CT molecular complexity index is 245. The topological polar surface area (TPSA) is 37.9 Å². The van der Waals surface area contributed by atoms with Crippen molar-refractivity contribution in [1.82, 2.24) is 10.2 Å². The molecular formula is C7H9ClN2O. The van der Waals surface area contributed by atoms with E-state index in [1.165, 1.54) is 5.69 Å². The van der Waals surface area contributed by atoms with E-state index in [9.17, 15) is 0 Å². The second kappa shape index (κ2) is 2.83. The molecule has 1 aliphatic heterocycles. The van der Waals surface area contributed by atoms with E-state index in [0.29, 0.717) is 12.5 Å². The number of nitrogens with zero attached hydrogens (tertiary/aromatic N) is 1. The number of nitrogens with one attached hydrogen (secondary N) is 1. The van der Waals surface area contributed by atoms with Gasteiger partial charge in [-0.2, -0.15) is 5.10 Å². The minimum Gasteiger partial charge on any atom is -0.376 e. The molecule has 2 rings (SSSR count). The molecule has 4 heteroatoms. The Labute approximate surface area is 69.7 Å². The zero-order valence-corrected chi connectivity index (χ0v) is 6.82. The highest BCUT2D eigenvalue weighted by Crippen LogP contribution is 2.18. The molecule has 0 spiro atoms. The van der Waals surface area contributed by atoms with Gasteiger partial charge in [-0.1, -0.05) is 0 Å². The maximum atomic E-state index is 5.67. The van der Waals surface area contributed by atoms with Crippen LogP contribution in [0.5, 0.6) is 0 Å². The summed E-state index contributed by atoms with van der Waals surface area (Å²) >= 11 is 5.67. The second-order valence-corrected chi connectivity index (χ2v) is 2.83.